The van der Waals surface area contributed by atoms with Crippen LogP contribution in [0.3, 0.4) is 0 Å². The zero-order valence-corrected chi connectivity index (χ0v) is 13.8. The second-order valence-corrected chi connectivity index (χ2v) is 6.25. The first-order chi connectivity index (χ1) is 11.7. The van der Waals surface area contributed by atoms with Crippen molar-refractivity contribution in [3.05, 3.63) is 24.5 Å². The van der Waals surface area contributed by atoms with Gasteiger partial charge in [-0.05, 0) is 25.0 Å². The third-order valence-corrected chi connectivity index (χ3v) is 4.27. The van der Waals surface area contributed by atoms with Crippen molar-refractivity contribution < 1.29 is 19.1 Å². The quantitative estimate of drug-likeness (QED) is 0.796. The highest BCUT2D eigenvalue weighted by atomic mass is 16.5. The van der Waals surface area contributed by atoms with Crippen molar-refractivity contribution in [3.8, 4) is 5.75 Å². The highest BCUT2D eigenvalue weighted by Crippen LogP contribution is 2.25. The SMILES string of the molecule is COCCC(=O)N1C[C@@H](Oc2cccnc2)C[C@H]1C(=O)NC1CC1. The number of nitrogens with zero attached hydrogens (tertiary/aromatic N) is 2. The van der Waals surface area contributed by atoms with Crippen LogP contribution in [-0.2, 0) is 14.3 Å². The van der Waals surface area contributed by atoms with E-state index in [4.69, 9.17) is 9.47 Å². The number of nitrogens with one attached hydrogen (secondary N) is 1. The summed E-state index contributed by atoms with van der Waals surface area (Å²) >= 11 is 0. The maximum Gasteiger partial charge on any atom is 0.243 e. The zero-order valence-electron chi connectivity index (χ0n) is 13.8. The molecule has 7 heteroatoms. The summed E-state index contributed by atoms with van der Waals surface area (Å²) < 4.78 is 10.9. The fraction of sp³-hybridized carbons (Fsp3) is 0.588. The number of ether oxygens (including phenoxy) is 2. The Morgan fingerprint density at radius 1 is 1.42 bits per heavy atom. The molecule has 2 fully saturated rings. The molecule has 1 aliphatic carbocycles. The fourth-order valence-electron chi connectivity index (χ4n) is 2.87. The molecular formula is C17H23N3O4. The second kappa shape index (κ2) is 7.61. The van der Waals surface area contributed by atoms with Crippen LogP contribution < -0.4 is 10.1 Å². The van der Waals surface area contributed by atoms with Gasteiger partial charge in [-0.2, -0.15) is 0 Å². The van der Waals surface area contributed by atoms with Crippen molar-refractivity contribution in [1.82, 2.24) is 15.2 Å². The molecule has 1 saturated heterocycles. The Morgan fingerprint density at radius 3 is 2.92 bits per heavy atom. The number of likely N-dealkylation sites (tertiary alicyclic amines) is 1. The molecule has 1 saturated carbocycles. The summed E-state index contributed by atoms with van der Waals surface area (Å²) in [5.41, 5.74) is 0. The molecule has 0 aromatic carbocycles. The van der Waals surface area contributed by atoms with Gasteiger partial charge >= 0.3 is 0 Å². The van der Waals surface area contributed by atoms with Gasteiger partial charge in [0.1, 0.15) is 17.9 Å². The van der Waals surface area contributed by atoms with Crippen LogP contribution >= 0.6 is 0 Å². The van der Waals surface area contributed by atoms with Crippen molar-refractivity contribution in [2.75, 3.05) is 20.3 Å². The van der Waals surface area contributed by atoms with E-state index in [2.05, 4.69) is 10.3 Å². The van der Waals surface area contributed by atoms with E-state index in [1.165, 1.54) is 0 Å². The highest BCUT2D eigenvalue weighted by Gasteiger charge is 2.41. The Kier molecular flexibility index (Phi) is 5.30. The largest absolute Gasteiger partial charge is 0.487 e. The van der Waals surface area contributed by atoms with Crippen LogP contribution in [0.25, 0.3) is 0 Å². The van der Waals surface area contributed by atoms with Crippen molar-refractivity contribution in [2.45, 2.75) is 43.9 Å². The van der Waals surface area contributed by atoms with Crippen molar-refractivity contribution in [1.29, 1.82) is 0 Å². The summed E-state index contributed by atoms with van der Waals surface area (Å²) in [7, 11) is 1.56. The smallest absolute Gasteiger partial charge is 0.243 e. The predicted molar refractivity (Wildman–Crippen MR) is 86.4 cm³/mol. The van der Waals surface area contributed by atoms with Crippen LogP contribution in [0.1, 0.15) is 25.7 Å². The second-order valence-electron chi connectivity index (χ2n) is 6.25. The molecule has 3 rings (SSSR count). The average molecular weight is 333 g/mol. The number of amides is 2. The Morgan fingerprint density at radius 2 is 2.25 bits per heavy atom. The minimum absolute atomic E-state index is 0.0786. The van der Waals surface area contributed by atoms with Gasteiger partial charge in [0, 0.05) is 25.8 Å². The van der Waals surface area contributed by atoms with Crippen molar-refractivity contribution in [3.63, 3.8) is 0 Å². The Hall–Kier alpha value is -2.15. The predicted octanol–water partition coefficient (Wildman–Crippen LogP) is 0.745. The third kappa shape index (κ3) is 4.23. The lowest BCUT2D eigenvalue weighted by molar-refractivity contribution is -0.139. The lowest BCUT2D eigenvalue weighted by Gasteiger charge is -2.23. The third-order valence-electron chi connectivity index (χ3n) is 4.27. The van der Waals surface area contributed by atoms with E-state index in [1.807, 2.05) is 6.07 Å². The number of methoxy groups -OCH3 is 1. The van der Waals surface area contributed by atoms with Gasteiger partial charge in [0.15, 0.2) is 0 Å². The lowest BCUT2D eigenvalue weighted by atomic mass is 10.1. The molecule has 130 valence electrons. The van der Waals surface area contributed by atoms with E-state index >= 15 is 0 Å². The van der Waals surface area contributed by atoms with Crippen LogP contribution in [0.15, 0.2) is 24.5 Å². The van der Waals surface area contributed by atoms with Gasteiger partial charge in [-0.25, -0.2) is 0 Å². The van der Waals surface area contributed by atoms with Gasteiger partial charge in [0.25, 0.3) is 0 Å². The van der Waals surface area contributed by atoms with E-state index in [1.54, 1.807) is 30.5 Å². The van der Waals surface area contributed by atoms with Crippen molar-refractivity contribution in [2.24, 2.45) is 0 Å². The van der Waals surface area contributed by atoms with Gasteiger partial charge in [-0.1, -0.05) is 0 Å². The number of pyridine rings is 1. The molecule has 1 aromatic heterocycles. The molecule has 2 amide bonds. The summed E-state index contributed by atoms with van der Waals surface area (Å²) in [5, 5.41) is 2.99. The molecule has 1 N–H and O–H groups in total. The van der Waals surface area contributed by atoms with E-state index in [9.17, 15) is 9.59 Å². The molecule has 0 bridgehead atoms. The summed E-state index contributed by atoms with van der Waals surface area (Å²) in [6, 6.07) is 3.41. The number of hydrogen-bond acceptors (Lipinski definition) is 5. The first kappa shape index (κ1) is 16.7. The van der Waals surface area contributed by atoms with E-state index in [0.29, 0.717) is 25.3 Å². The fourth-order valence-corrected chi connectivity index (χ4v) is 2.87. The molecule has 7 nitrogen and oxygen atoms in total. The van der Waals surface area contributed by atoms with E-state index < -0.39 is 6.04 Å². The van der Waals surface area contributed by atoms with Crippen LogP contribution in [-0.4, -0.2) is 60.1 Å². The number of hydrogen-bond donors (Lipinski definition) is 1. The van der Waals surface area contributed by atoms with Gasteiger partial charge in [-0.3, -0.25) is 14.6 Å². The summed E-state index contributed by atoms with van der Waals surface area (Å²) in [6.07, 6.45) is 5.89. The topological polar surface area (TPSA) is 80.8 Å². The molecule has 2 heterocycles. The monoisotopic (exact) mass is 333 g/mol. The van der Waals surface area contributed by atoms with Crippen LogP contribution in [0.4, 0.5) is 0 Å². The van der Waals surface area contributed by atoms with Gasteiger partial charge in [0.05, 0.1) is 25.8 Å². The first-order valence-electron chi connectivity index (χ1n) is 8.33. The van der Waals surface area contributed by atoms with E-state index in [-0.39, 0.29) is 30.4 Å². The maximum absolute atomic E-state index is 12.5. The van der Waals surface area contributed by atoms with Gasteiger partial charge in [-0.15, -0.1) is 0 Å². The minimum atomic E-state index is -0.475. The normalized spacial score (nSPS) is 23.1. The van der Waals surface area contributed by atoms with Crippen LogP contribution in [0, 0.1) is 0 Å². The number of aromatic nitrogens is 1. The molecule has 1 aromatic rings. The standard InChI is InChI=1S/C17H23N3O4/c1-23-8-6-16(21)20-11-14(24-13-3-2-7-18-10-13)9-15(20)17(22)19-12-4-5-12/h2-3,7,10,12,14-15H,4-6,8-9,11H2,1H3,(H,19,22)/t14-,15-/m0/s1. The molecule has 24 heavy (non-hydrogen) atoms. The molecule has 0 unspecified atom stereocenters. The Balaban J connectivity index is 1.65. The van der Waals surface area contributed by atoms with Crippen LogP contribution in [0.5, 0.6) is 5.75 Å². The minimum Gasteiger partial charge on any atom is -0.487 e. The zero-order chi connectivity index (χ0) is 16.9. The van der Waals surface area contributed by atoms with Gasteiger partial charge in [0.2, 0.25) is 11.8 Å². The highest BCUT2D eigenvalue weighted by molar-refractivity contribution is 5.88. The number of rotatable bonds is 7. The van der Waals surface area contributed by atoms with Gasteiger partial charge < -0.3 is 19.7 Å². The maximum atomic E-state index is 12.5. The molecule has 2 atom stereocenters. The molecule has 2 aliphatic rings. The molecule has 0 spiro atoms. The Bertz CT molecular complexity index is 576. The average Bonchev–Trinajstić information content (AvgIpc) is 3.30. The summed E-state index contributed by atoms with van der Waals surface area (Å²) in [4.78, 5) is 30.5. The molecular weight excluding hydrogens is 310 g/mol. The number of carbonyl (C=O) groups is 2. The summed E-state index contributed by atoms with van der Waals surface area (Å²) in [6.45, 7) is 0.751. The number of carbonyl (C=O) groups excluding carboxylic acids is 2. The van der Waals surface area contributed by atoms with Crippen molar-refractivity contribution >= 4 is 11.8 Å². The molecule has 1 aliphatic heterocycles. The molecule has 0 radical (unpaired) electrons. The lowest BCUT2D eigenvalue weighted by Crippen LogP contribution is -2.46. The van der Waals surface area contributed by atoms with E-state index in [0.717, 1.165) is 12.8 Å². The van der Waals surface area contributed by atoms with Crippen LogP contribution in [0.2, 0.25) is 0 Å². The summed E-state index contributed by atoms with van der Waals surface area (Å²) in [5.74, 6) is 0.487. The Labute approximate surface area is 141 Å². The first-order valence-corrected chi connectivity index (χ1v) is 8.33.